The first-order valence-corrected chi connectivity index (χ1v) is 8.92. The van der Waals surface area contributed by atoms with Crippen molar-refractivity contribution in [1.82, 2.24) is 4.90 Å². The Hall–Kier alpha value is -2.33. The largest absolute Gasteiger partial charge is 0.479 e. The molecule has 132 valence electrons. The van der Waals surface area contributed by atoms with Crippen LogP contribution in [0.4, 0.5) is 0 Å². The molecular weight excluding hydrogens is 314 g/mol. The third kappa shape index (κ3) is 5.07. The Labute approximate surface area is 149 Å². The molecule has 0 amide bonds. The molecule has 2 aromatic rings. The first kappa shape index (κ1) is 17.5. The second-order valence-corrected chi connectivity index (χ2v) is 6.42. The van der Waals surface area contributed by atoms with Gasteiger partial charge in [-0.3, -0.25) is 4.90 Å². The minimum absolute atomic E-state index is 0.270. The van der Waals surface area contributed by atoms with Crippen LogP contribution in [0, 0.1) is 0 Å². The highest BCUT2D eigenvalue weighted by Crippen LogP contribution is 2.22. The van der Waals surface area contributed by atoms with Crippen LogP contribution in [-0.2, 0) is 9.53 Å². The summed E-state index contributed by atoms with van der Waals surface area (Å²) >= 11 is 0. The van der Waals surface area contributed by atoms with Crippen molar-refractivity contribution in [1.29, 1.82) is 0 Å². The number of carbonyl (C=O) groups excluding carboxylic acids is 1. The van der Waals surface area contributed by atoms with Crippen LogP contribution in [0.5, 0.6) is 5.75 Å². The summed E-state index contributed by atoms with van der Waals surface area (Å²) in [4.78, 5) is 14.9. The van der Waals surface area contributed by atoms with E-state index in [1.807, 2.05) is 60.7 Å². The van der Waals surface area contributed by atoms with E-state index in [9.17, 15) is 4.79 Å². The average Bonchev–Trinajstić information content (AvgIpc) is 3.16. The lowest BCUT2D eigenvalue weighted by molar-refractivity contribution is -0.158. The smallest absolute Gasteiger partial charge is 0.347 e. The third-order valence-electron chi connectivity index (χ3n) is 4.44. The Kier molecular flexibility index (Phi) is 6.07. The van der Waals surface area contributed by atoms with Crippen molar-refractivity contribution < 1.29 is 14.3 Å². The van der Waals surface area contributed by atoms with Crippen LogP contribution in [0.2, 0.25) is 0 Å². The predicted octanol–water partition coefficient (Wildman–Crippen LogP) is 3.83. The van der Waals surface area contributed by atoms with Gasteiger partial charge in [0.2, 0.25) is 0 Å². The maximum atomic E-state index is 12.5. The molecule has 1 heterocycles. The van der Waals surface area contributed by atoms with E-state index in [1.165, 1.54) is 12.8 Å². The van der Waals surface area contributed by atoms with Gasteiger partial charge in [0.05, 0.1) is 0 Å². The normalized spacial score (nSPS) is 17.0. The maximum absolute atomic E-state index is 12.5. The fourth-order valence-electron chi connectivity index (χ4n) is 3.07. The summed E-state index contributed by atoms with van der Waals surface area (Å²) in [5.74, 6) is 0.333. The molecule has 3 rings (SSSR count). The highest BCUT2D eigenvalue weighted by atomic mass is 16.6. The molecule has 0 spiro atoms. The first-order valence-electron chi connectivity index (χ1n) is 8.92. The van der Waals surface area contributed by atoms with E-state index in [0.717, 1.165) is 25.2 Å². The van der Waals surface area contributed by atoms with Crippen molar-refractivity contribution in [3.63, 3.8) is 0 Å². The Morgan fingerprint density at radius 3 is 2.24 bits per heavy atom. The van der Waals surface area contributed by atoms with Gasteiger partial charge in [0.15, 0.2) is 6.10 Å². The van der Waals surface area contributed by atoms with E-state index in [2.05, 4.69) is 4.90 Å². The molecule has 0 radical (unpaired) electrons. The molecule has 2 aromatic carbocycles. The van der Waals surface area contributed by atoms with Crippen molar-refractivity contribution in [2.45, 2.75) is 32.0 Å². The van der Waals surface area contributed by atoms with Gasteiger partial charge < -0.3 is 9.47 Å². The topological polar surface area (TPSA) is 38.8 Å². The van der Waals surface area contributed by atoms with Crippen LogP contribution in [0.25, 0.3) is 0 Å². The molecule has 2 atom stereocenters. The predicted molar refractivity (Wildman–Crippen MR) is 97.5 cm³/mol. The fraction of sp³-hybridized carbons (Fsp3) is 0.381. The number of benzene rings is 2. The lowest BCUT2D eigenvalue weighted by Crippen LogP contribution is -2.32. The number of hydrogen-bond donors (Lipinski definition) is 0. The summed E-state index contributed by atoms with van der Waals surface area (Å²) in [6, 6.07) is 19.3. The molecule has 1 fully saturated rings. The quantitative estimate of drug-likeness (QED) is 0.719. The minimum atomic E-state index is -0.646. The minimum Gasteiger partial charge on any atom is -0.479 e. The summed E-state index contributed by atoms with van der Waals surface area (Å²) in [6.45, 7) is 4.59. The van der Waals surface area contributed by atoms with E-state index in [0.29, 0.717) is 5.75 Å². The van der Waals surface area contributed by atoms with Gasteiger partial charge in [0, 0.05) is 6.54 Å². The highest BCUT2D eigenvalue weighted by Gasteiger charge is 2.25. The van der Waals surface area contributed by atoms with E-state index in [-0.39, 0.29) is 12.1 Å². The Balaban J connectivity index is 1.65. The Morgan fingerprint density at radius 1 is 1.00 bits per heavy atom. The van der Waals surface area contributed by atoms with E-state index < -0.39 is 6.10 Å². The zero-order valence-electron chi connectivity index (χ0n) is 14.6. The average molecular weight is 339 g/mol. The van der Waals surface area contributed by atoms with Gasteiger partial charge in [-0.1, -0.05) is 48.5 Å². The van der Waals surface area contributed by atoms with Crippen LogP contribution in [-0.4, -0.2) is 36.6 Å². The summed E-state index contributed by atoms with van der Waals surface area (Å²) < 4.78 is 11.5. The van der Waals surface area contributed by atoms with Gasteiger partial charge in [-0.15, -0.1) is 0 Å². The van der Waals surface area contributed by atoms with Crippen molar-refractivity contribution in [3.8, 4) is 5.75 Å². The van der Waals surface area contributed by atoms with Gasteiger partial charge in [-0.05, 0) is 50.6 Å². The second-order valence-electron chi connectivity index (χ2n) is 6.42. The molecule has 0 saturated carbocycles. The fourth-order valence-corrected chi connectivity index (χ4v) is 3.07. The van der Waals surface area contributed by atoms with Crippen molar-refractivity contribution in [2.24, 2.45) is 0 Å². The highest BCUT2D eigenvalue weighted by molar-refractivity contribution is 5.75. The number of carbonyl (C=O) groups is 1. The number of hydrogen-bond acceptors (Lipinski definition) is 4. The summed E-state index contributed by atoms with van der Waals surface area (Å²) in [5, 5.41) is 0. The molecule has 4 heteroatoms. The number of esters is 1. The Bertz CT molecular complexity index is 653. The zero-order chi connectivity index (χ0) is 17.5. The molecule has 1 aliphatic heterocycles. The van der Waals surface area contributed by atoms with Crippen molar-refractivity contribution in [2.75, 3.05) is 19.6 Å². The molecular formula is C21H25NO3. The van der Waals surface area contributed by atoms with Crippen LogP contribution >= 0.6 is 0 Å². The third-order valence-corrected chi connectivity index (χ3v) is 4.44. The van der Waals surface area contributed by atoms with Crippen LogP contribution in [0.3, 0.4) is 0 Å². The molecule has 2 unspecified atom stereocenters. The van der Waals surface area contributed by atoms with E-state index >= 15 is 0 Å². The van der Waals surface area contributed by atoms with E-state index in [1.54, 1.807) is 6.92 Å². The standard InChI is InChI=1S/C21H25NO3/c1-17(24-19-12-6-3-7-13-19)21(23)25-20(16-22-14-8-9-15-22)18-10-4-2-5-11-18/h2-7,10-13,17,20H,8-9,14-16H2,1H3. The SMILES string of the molecule is CC(Oc1ccccc1)C(=O)OC(CN1CCCC1)c1ccccc1. The number of likely N-dealkylation sites (tertiary alicyclic amines) is 1. The first-order chi connectivity index (χ1) is 12.2. The lowest BCUT2D eigenvalue weighted by Gasteiger charge is -2.25. The molecule has 0 aliphatic carbocycles. The van der Waals surface area contributed by atoms with Gasteiger partial charge in [0.25, 0.3) is 0 Å². The van der Waals surface area contributed by atoms with E-state index in [4.69, 9.17) is 9.47 Å². The number of ether oxygens (including phenoxy) is 2. The summed E-state index contributed by atoms with van der Waals surface area (Å²) in [6.07, 6.45) is 1.51. The number of para-hydroxylation sites is 1. The second kappa shape index (κ2) is 8.67. The van der Waals surface area contributed by atoms with Gasteiger partial charge in [-0.25, -0.2) is 4.79 Å². The van der Waals surface area contributed by atoms with Crippen molar-refractivity contribution in [3.05, 3.63) is 66.2 Å². The maximum Gasteiger partial charge on any atom is 0.347 e. The van der Waals surface area contributed by atoms with Gasteiger partial charge >= 0.3 is 5.97 Å². The molecule has 4 nitrogen and oxygen atoms in total. The van der Waals surface area contributed by atoms with Gasteiger partial charge in [-0.2, -0.15) is 0 Å². The zero-order valence-corrected chi connectivity index (χ0v) is 14.6. The summed E-state index contributed by atoms with van der Waals surface area (Å²) in [7, 11) is 0. The molecule has 1 saturated heterocycles. The molecule has 0 aromatic heterocycles. The lowest BCUT2D eigenvalue weighted by atomic mass is 10.1. The molecule has 1 aliphatic rings. The van der Waals surface area contributed by atoms with Gasteiger partial charge in [0.1, 0.15) is 11.9 Å². The van der Waals surface area contributed by atoms with Crippen LogP contribution in [0.1, 0.15) is 31.4 Å². The van der Waals surface area contributed by atoms with Crippen LogP contribution in [0.15, 0.2) is 60.7 Å². The summed E-state index contributed by atoms with van der Waals surface area (Å²) in [5.41, 5.74) is 1.02. The Morgan fingerprint density at radius 2 is 1.60 bits per heavy atom. The number of nitrogens with zero attached hydrogens (tertiary/aromatic N) is 1. The van der Waals surface area contributed by atoms with Crippen molar-refractivity contribution >= 4 is 5.97 Å². The monoisotopic (exact) mass is 339 g/mol. The number of rotatable bonds is 7. The van der Waals surface area contributed by atoms with Crippen LogP contribution < -0.4 is 4.74 Å². The molecule has 25 heavy (non-hydrogen) atoms. The molecule has 0 N–H and O–H groups in total. The molecule has 0 bridgehead atoms.